The summed E-state index contributed by atoms with van der Waals surface area (Å²) in [4.78, 5) is 8.84. The third-order valence-corrected chi connectivity index (χ3v) is 3.14. The van der Waals surface area contributed by atoms with Crippen molar-refractivity contribution in [1.82, 2.24) is 24.8 Å². The van der Waals surface area contributed by atoms with Gasteiger partial charge >= 0.3 is 0 Å². The van der Waals surface area contributed by atoms with Gasteiger partial charge in [0, 0.05) is 11.4 Å². The summed E-state index contributed by atoms with van der Waals surface area (Å²) in [6.45, 7) is 3.85. The molecule has 2 aromatic heterocycles. The zero-order valence-corrected chi connectivity index (χ0v) is 12.5. The number of aryl methyl sites for hydroxylation is 2. The van der Waals surface area contributed by atoms with E-state index >= 15 is 0 Å². The van der Waals surface area contributed by atoms with Crippen molar-refractivity contribution in [3.8, 4) is 11.6 Å². The van der Waals surface area contributed by atoms with Gasteiger partial charge < -0.3 is 0 Å². The summed E-state index contributed by atoms with van der Waals surface area (Å²) < 4.78 is 2.12. The summed E-state index contributed by atoms with van der Waals surface area (Å²) in [7, 11) is 0. The van der Waals surface area contributed by atoms with Crippen LogP contribution in [0.15, 0.2) is 36.4 Å². The molecule has 0 aliphatic rings. The molecule has 3 aromatic rings. The van der Waals surface area contributed by atoms with Crippen LogP contribution in [0.3, 0.4) is 0 Å². The number of anilines is 1. The summed E-state index contributed by atoms with van der Waals surface area (Å²) in [5, 5.41) is 6.99. The van der Waals surface area contributed by atoms with Gasteiger partial charge in [0.1, 0.15) is 0 Å². The Labute approximate surface area is 126 Å². The molecule has 7 heteroatoms. The number of rotatable bonds is 3. The van der Waals surface area contributed by atoms with Crippen LogP contribution >= 0.6 is 12.2 Å². The molecule has 0 aliphatic carbocycles. The van der Waals surface area contributed by atoms with E-state index in [4.69, 9.17) is 12.2 Å². The number of aromatic amines is 1. The van der Waals surface area contributed by atoms with Crippen molar-refractivity contribution in [3.05, 3.63) is 52.6 Å². The Kier molecular flexibility index (Phi) is 3.49. The minimum atomic E-state index is 0.455. The summed E-state index contributed by atoms with van der Waals surface area (Å²) in [5.74, 6) is 1.08. The normalized spacial score (nSPS) is 10.6. The number of hydrogen-bond donors (Lipinski definition) is 2. The monoisotopic (exact) mass is 298 g/mol. The van der Waals surface area contributed by atoms with Crippen molar-refractivity contribution in [2.75, 3.05) is 5.43 Å². The molecule has 0 saturated heterocycles. The molecule has 0 aliphatic heterocycles. The van der Waals surface area contributed by atoms with E-state index in [2.05, 4.69) is 25.6 Å². The SMILES string of the molecule is Cc1cc(C)nc(-c2n[nH]c(=S)n2Nc2ccccc2)n1. The van der Waals surface area contributed by atoms with Gasteiger partial charge in [-0.05, 0) is 44.3 Å². The lowest BCUT2D eigenvalue weighted by Crippen LogP contribution is -2.12. The van der Waals surface area contributed by atoms with Crippen molar-refractivity contribution in [2.24, 2.45) is 0 Å². The second-order valence-electron chi connectivity index (χ2n) is 4.64. The highest BCUT2D eigenvalue weighted by Gasteiger charge is 2.13. The number of para-hydroxylation sites is 1. The van der Waals surface area contributed by atoms with E-state index in [1.807, 2.05) is 50.2 Å². The van der Waals surface area contributed by atoms with Crippen molar-refractivity contribution >= 4 is 17.9 Å². The van der Waals surface area contributed by atoms with Gasteiger partial charge in [-0.25, -0.2) is 19.7 Å². The van der Waals surface area contributed by atoms with E-state index in [0.29, 0.717) is 16.4 Å². The third kappa shape index (κ3) is 2.82. The van der Waals surface area contributed by atoms with Crippen molar-refractivity contribution in [2.45, 2.75) is 13.8 Å². The number of hydrogen-bond acceptors (Lipinski definition) is 5. The van der Waals surface area contributed by atoms with Crippen LogP contribution < -0.4 is 5.43 Å². The first-order chi connectivity index (χ1) is 10.1. The average molecular weight is 298 g/mol. The molecule has 0 bridgehead atoms. The van der Waals surface area contributed by atoms with Crippen molar-refractivity contribution in [3.63, 3.8) is 0 Å². The van der Waals surface area contributed by atoms with Gasteiger partial charge in [0.25, 0.3) is 0 Å². The van der Waals surface area contributed by atoms with Crippen LogP contribution in [-0.2, 0) is 0 Å². The molecule has 0 radical (unpaired) electrons. The molecule has 0 atom stereocenters. The van der Waals surface area contributed by atoms with Gasteiger partial charge in [-0.1, -0.05) is 18.2 Å². The fourth-order valence-electron chi connectivity index (χ4n) is 2.02. The summed E-state index contributed by atoms with van der Waals surface area (Å²) in [5.41, 5.74) is 5.87. The first-order valence-electron chi connectivity index (χ1n) is 6.45. The lowest BCUT2D eigenvalue weighted by Gasteiger charge is -2.09. The van der Waals surface area contributed by atoms with Gasteiger partial charge in [0.15, 0.2) is 5.82 Å². The number of benzene rings is 1. The maximum absolute atomic E-state index is 5.26. The van der Waals surface area contributed by atoms with E-state index in [-0.39, 0.29) is 0 Å². The van der Waals surface area contributed by atoms with Crippen LogP contribution in [0, 0.1) is 18.6 Å². The largest absolute Gasteiger partial charge is 0.290 e. The maximum atomic E-state index is 5.26. The topological polar surface area (TPSA) is 71.4 Å². The van der Waals surface area contributed by atoms with Crippen molar-refractivity contribution in [1.29, 1.82) is 0 Å². The Morgan fingerprint density at radius 2 is 1.76 bits per heavy atom. The molecule has 3 rings (SSSR count). The minimum absolute atomic E-state index is 0.455. The molecule has 2 N–H and O–H groups in total. The Morgan fingerprint density at radius 1 is 1.10 bits per heavy atom. The zero-order valence-electron chi connectivity index (χ0n) is 11.7. The average Bonchev–Trinajstić information content (AvgIpc) is 2.80. The van der Waals surface area contributed by atoms with E-state index < -0.39 is 0 Å². The summed E-state index contributed by atoms with van der Waals surface area (Å²) in [6, 6.07) is 11.6. The van der Waals surface area contributed by atoms with Crippen LogP contribution in [0.5, 0.6) is 0 Å². The Bertz CT molecular complexity index is 801. The standard InChI is InChI=1S/C14H14N6S/c1-9-8-10(2)16-12(15-9)13-17-18-14(21)20(13)19-11-6-4-3-5-7-11/h3-8,19H,1-2H3,(H,18,21). The van der Waals surface area contributed by atoms with Crippen LogP contribution in [0.1, 0.15) is 11.4 Å². The molecule has 0 saturated carbocycles. The Balaban J connectivity index is 2.06. The number of nitrogens with zero attached hydrogens (tertiary/aromatic N) is 4. The van der Waals surface area contributed by atoms with E-state index in [1.165, 1.54) is 0 Å². The third-order valence-electron chi connectivity index (χ3n) is 2.87. The molecule has 0 fully saturated rings. The molecular formula is C14H14N6S. The van der Waals surface area contributed by atoms with Crippen LogP contribution in [0.25, 0.3) is 11.6 Å². The van der Waals surface area contributed by atoms with Crippen LogP contribution in [-0.4, -0.2) is 24.8 Å². The van der Waals surface area contributed by atoms with Crippen LogP contribution in [0.2, 0.25) is 0 Å². The lowest BCUT2D eigenvalue weighted by molar-refractivity contribution is 0.918. The van der Waals surface area contributed by atoms with Gasteiger partial charge in [-0.2, -0.15) is 0 Å². The molecule has 106 valence electrons. The highest BCUT2D eigenvalue weighted by molar-refractivity contribution is 7.71. The molecule has 0 unspecified atom stereocenters. The first-order valence-corrected chi connectivity index (χ1v) is 6.86. The fraction of sp³-hybridized carbons (Fsp3) is 0.143. The molecule has 2 heterocycles. The smallest absolute Gasteiger partial charge is 0.219 e. The molecule has 6 nitrogen and oxygen atoms in total. The second kappa shape index (κ2) is 5.45. The van der Waals surface area contributed by atoms with Crippen molar-refractivity contribution < 1.29 is 0 Å². The highest BCUT2D eigenvalue weighted by Crippen LogP contribution is 2.15. The Hall–Kier alpha value is -2.54. The minimum Gasteiger partial charge on any atom is -0.290 e. The van der Waals surface area contributed by atoms with Gasteiger partial charge in [0.2, 0.25) is 10.6 Å². The molecule has 0 spiro atoms. The quantitative estimate of drug-likeness (QED) is 0.727. The molecule has 21 heavy (non-hydrogen) atoms. The maximum Gasteiger partial charge on any atom is 0.219 e. The highest BCUT2D eigenvalue weighted by atomic mass is 32.1. The number of nitrogens with one attached hydrogen (secondary N) is 2. The summed E-state index contributed by atoms with van der Waals surface area (Å²) >= 11 is 5.26. The lowest BCUT2D eigenvalue weighted by atomic mass is 10.3. The van der Waals surface area contributed by atoms with Gasteiger partial charge in [-0.3, -0.25) is 5.43 Å². The second-order valence-corrected chi connectivity index (χ2v) is 5.03. The molecule has 0 amide bonds. The molecular weight excluding hydrogens is 284 g/mol. The Morgan fingerprint density at radius 3 is 2.43 bits per heavy atom. The van der Waals surface area contributed by atoms with E-state index in [9.17, 15) is 0 Å². The predicted molar refractivity (Wildman–Crippen MR) is 83.4 cm³/mol. The molecule has 1 aromatic carbocycles. The summed E-state index contributed by atoms with van der Waals surface area (Å²) in [6.07, 6.45) is 0. The van der Waals surface area contributed by atoms with Crippen LogP contribution in [0.4, 0.5) is 5.69 Å². The first kappa shape index (κ1) is 13.4. The van der Waals surface area contributed by atoms with Gasteiger partial charge in [0.05, 0.1) is 5.69 Å². The van der Waals surface area contributed by atoms with Gasteiger partial charge in [-0.15, -0.1) is 5.10 Å². The predicted octanol–water partition coefficient (Wildman–Crippen LogP) is 2.89. The van der Waals surface area contributed by atoms with E-state index in [0.717, 1.165) is 17.1 Å². The number of H-pyrrole nitrogens is 1. The fourth-order valence-corrected chi connectivity index (χ4v) is 2.20. The zero-order chi connectivity index (χ0) is 14.8. The number of aromatic nitrogens is 5. The van der Waals surface area contributed by atoms with E-state index in [1.54, 1.807) is 4.68 Å².